The normalized spacial score (nSPS) is 11.4. The Morgan fingerprint density at radius 3 is 1.92 bits per heavy atom. The Labute approximate surface area is 209 Å². The Hall–Kier alpha value is -3.92. The van der Waals surface area contributed by atoms with Crippen molar-refractivity contribution >= 4 is 22.0 Å². The van der Waals surface area contributed by atoms with Crippen LogP contribution in [0.5, 0.6) is 34.5 Å². The molecular formula is C26H27FO8S. The summed E-state index contributed by atoms with van der Waals surface area (Å²) in [5.41, 5.74) is 1.43. The van der Waals surface area contributed by atoms with Crippen molar-refractivity contribution in [1.29, 1.82) is 0 Å². The molecule has 0 spiro atoms. The van der Waals surface area contributed by atoms with Crippen LogP contribution in [-0.4, -0.2) is 49.1 Å². The molecule has 3 aromatic carbocycles. The van der Waals surface area contributed by atoms with Crippen LogP contribution in [0, 0.1) is 5.82 Å². The zero-order valence-corrected chi connectivity index (χ0v) is 21.3. The molecule has 10 heteroatoms. The van der Waals surface area contributed by atoms with E-state index in [-0.39, 0.29) is 22.1 Å². The van der Waals surface area contributed by atoms with Crippen molar-refractivity contribution < 1.29 is 41.6 Å². The minimum Gasteiger partial charge on any atom is -0.504 e. The highest BCUT2D eigenvalue weighted by molar-refractivity contribution is 7.90. The van der Waals surface area contributed by atoms with E-state index in [9.17, 15) is 17.9 Å². The summed E-state index contributed by atoms with van der Waals surface area (Å²) < 4.78 is 66.5. The summed E-state index contributed by atoms with van der Waals surface area (Å²) in [4.78, 5) is -0.201. The van der Waals surface area contributed by atoms with Crippen molar-refractivity contribution in [1.82, 2.24) is 0 Å². The predicted octanol–water partition coefficient (Wildman–Crippen LogP) is 4.72. The Morgan fingerprint density at radius 2 is 1.39 bits per heavy atom. The fraction of sp³-hybridized carbons (Fsp3) is 0.231. The minimum absolute atomic E-state index is 0.0609. The van der Waals surface area contributed by atoms with Crippen LogP contribution < -0.4 is 23.7 Å². The van der Waals surface area contributed by atoms with E-state index in [1.54, 1.807) is 24.3 Å². The number of hydrogen-bond donors (Lipinski definition) is 1. The predicted molar refractivity (Wildman–Crippen MR) is 134 cm³/mol. The third kappa shape index (κ3) is 5.65. The van der Waals surface area contributed by atoms with Crippen LogP contribution >= 0.6 is 0 Å². The Bertz CT molecular complexity index is 1360. The van der Waals surface area contributed by atoms with Crippen molar-refractivity contribution in [2.45, 2.75) is 10.6 Å². The molecule has 0 atom stereocenters. The molecule has 0 saturated carbocycles. The van der Waals surface area contributed by atoms with E-state index in [0.717, 1.165) is 6.07 Å². The maximum atomic E-state index is 14.2. The Balaban J connectivity index is 2.05. The van der Waals surface area contributed by atoms with E-state index >= 15 is 0 Å². The van der Waals surface area contributed by atoms with Gasteiger partial charge in [-0.1, -0.05) is 12.2 Å². The highest BCUT2D eigenvalue weighted by Gasteiger charge is 2.21. The topological polar surface area (TPSA) is 101 Å². The van der Waals surface area contributed by atoms with Crippen LogP contribution in [0.1, 0.15) is 16.7 Å². The van der Waals surface area contributed by atoms with Gasteiger partial charge in [0.15, 0.2) is 44.4 Å². The summed E-state index contributed by atoms with van der Waals surface area (Å²) in [6.07, 6.45) is 3.34. The minimum atomic E-state index is -3.96. The molecule has 0 saturated heterocycles. The van der Waals surface area contributed by atoms with E-state index in [0.29, 0.717) is 33.9 Å². The third-order valence-corrected chi connectivity index (χ3v) is 7.07. The van der Waals surface area contributed by atoms with E-state index in [1.807, 2.05) is 0 Å². The van der Waals surface area contributed by atoms with Gasteiger partial charge in [-0.25, -0.2) is 12.8 Å². The van der Waals surface area contributed by atoms with Crippen LogP contribution in [0.15, 0.2) is 47.4 Å². The molecule has 0 aliphatic rings. The average Bonchev–Trinajstić information content (AvgIpc) is 2.87. The second-order valence-corrected chi connectivity index (χ2v) is 9.56. The van der Waals surface area contributed by atoms with Crippen molar-refractivity contribution in [3.63, 3.8) is 0 Å². The average molecular weight is 519 g/mol. The van der Waals surface area contributed by atoms with Crippen LogP contribution in [0.2, 0.25) is 0 Å². The van der Waals surface area contributed by atoms with Gasteiger partial charge in [0.05, 0.1) is 46.2 Å². The molecule has 36 heavy (non-hydrogen) atoms. The van der Waals surface area contributed by atoms with Gasteiger partial charge in [0.2, 0.25) is 5.75 Å². The smallest absolute Gasteiger partial charge is 0.203 e. The molecule has 0 aliphatic carbocycles. The third-order valence-electron chi connectivity index (χ3n) is 5.41. The lowest BCUT2D eigenvalue weighted by molar-refractivity contribution is 0.324. The molecule has 0 aliphatic heterocycles. The lowest BCUT2D eigenvalue weighted by atomic mass is 10.1. The molecule has 0 bridgehead atoms. The van der Waals surface area contributed by atoms with E-state index < -0.39 is 21.4 Å². The molecule has 8 nitrogen and oxygen atoms in total. The first-order valence-corrected chi connectivity index (χ1v) is 12.3. The van der Waals surface area contributed by atoms with Gasteiger partial charge in [-0.05, 0) is 59.2 Å². The van der Waals surface area contributed by atoms with Gasteiger partial charge in [0.25, 0.3) is 0 Å². The van der Waals surface area contributed by atoms with Crippen LogP contribution in [0.4, 0.5) is 4.39 Å². The summed E-state index contributed by atoms with van der Waals surface area (Å²) in [5, 5.41) is 10.3. The summed E-state index contributed by atoms with van der Waals surface area (Å²) in [6.45, 7) is 0. The van der Waals surface area contributed by atoms with Crippen molar-refractivity contribution in [2.75, 3.05) is 35.5 Å². The Kier molecular flexibility index (Phi) is 8.31. The van der Waals surface area contributed by atoms with Crippen LogP contribution in [-0.2, 0) is 15.6 Å². The number of benzene rings is 3. The maximum Gasteiger partial charge on any atom is 0.203 e. The van der Waals surface area contributed by atoms with Gasteiger partial charge in [-0.15, -0.1) is 0 Å². The summed E-state index contributed by atoms with van der Waals surface area (Å²) in [5.74, 6) is -0.0671. The van der Waals surface area contributed by atoms with E-state index in [1.165, 1.54) is 59.8 Å². The highest BCUT2D eigenvalue weighted by Crippen LogP contribution is 2.39. The molecule has 3 aromatic rings. The van der Waals surface area contributed by atoms with Crippen molar-refractivity contribution in [3.05, 3.63) is 65.0 Å². The molecule has 0 amide bonds. The van der Waals surface area contributed by atoms with E-state index in [2.05, 4.69) is 0 Å². The number of ether oxygens (including phenoxy) is 5. The molecular weight excluding hydrogens is 491 g/mol. The number of rotatable bonds is 10. The number of sulfone groups is 1. The largest absolute Gasteiger partial charge is 0.504 e. The second kappa shape index (κ2) is 11.2. The number of hydrogen-bond acceptors (Lipinski definition) is 8. The zero-order valence-electron chi connectivity index (χ0n) is 20.5. The SMILES string of the molecule is COc1cc(CS(=O)(=O)c2ccc(OC)c(F)c2)c(/C=C\c2cc(OC)c(OC)c(OC)c2)cc1O. The fourth-order valence-electron chi connectivity index (χ4n) is 3.58. The summed E-state index contributed by atoms with van der Waals surface area (Å²) in [7, 11) is 3.19. The second-order valence-electron chi connectivity index (χ2n) is 7.57. The maximum absolute atomic E-state index is 14.2. The number of phenols is 1. The number of halogens is 1. The van der Waals surface area contributed by atoms with Crippen molar-refractivity contribution in [2.24, 2.45) is 0 Å². The molecule has 0 aromatic heterocycles. The van der Waals surface area contributed by atoms with E-state index in [4.69, 9.17) is 23.7 Å². The summed E-state index contributed by atoms with van der Waals surface area (Å²) >= 11 is 0. The fourth-order valence-corrected chi connectivity index (χ4v) is 4.97. The van der Waals surface area contributed by atoms with Gasteiger partial charge >= 0.3 is 0 Å². The molecule has 0 heterocycles. The number of phenolic OH excluding ortho intramolecular Hbond substituents is 1. The van der Waals surface area contributed by atoms with Crippen LogP contribution in [0.25, 0.3) is 12.2 Å². The van der Waals surface area contributed by atoms with Gasteiger partial charge in [-0.3, -0.25) is 0 Å². The van der Waals surface area contributed by atoms with Gasteiger partial charge in [0.1, 0.15) is 0 Å². The lowest BCUT2D eigenvalue weighted by Gasteiger charge is -2.14. The quantitative estimate of drug-likeness (QED) is 0.385. The lowest BCUT2D eigenvalue weighted by Crippen LogP contribution is -2.07. The van der Waals surface area contributed by atoms with Crippen LogP contribution in [0.3, 0.4) is 0 Å². The Morgan fingerprint density at radius 1 is 0.778 bits per heavy atom. The molecule has 3 rings (SSSR count). The zero-order chi connectivity index (χ0) is 26.5. The van der Waals surface area contributed by atoms with Crippen molar-refractivity contribution in [3.8, 4) is 34.5 Å². The molecule has 192 valence electrons. The monoisotopic (exact) mass is 518 g/mol. The number of methoxy groups -OCH3 is 5. The van der Waals surface area contributed by atoms with Gasteiger partial charge < -0.3 is 28.8 Å². The molecule has 0 radical (unpaired) electrons. The van der Waals surface area contributed by atoms with Gasteiger partial charge in [-0.2, -0.15) is 0 Å². The first kappa shape index (κ1) is 26.7. The molecule has 0 fully saturated rings. The highest BCUT2D eigenvalue weighted by atomic mass is 32.2. The first-order chi connectivity index (χ1) is 17.2. The summed E-state index contributed by atoms with van der Waals surface area (Å²) in [6, 6.07) is 9.71. The number of aromatic hydroxyl groups is 1. The first-order valence-electron chi connectivity index (χ1n) is 10.6. The molecule has 1 N–H and O–H groups in total. The molecule has 0 unspecified atom stereocenters. The standard InChI is InChI=1S/C26H27FO8S/c1-31-22-9-8-19(14-20(22)27)36(29,30)15-18-13-23(32-2)21(28)12-17(18)7-6-16-10-24(33-3)26(35-5)25(11-16)34-4/h6-14,28H,15H2,1-5H3/b7-6-. The van der Waals surface area contributed by atoms with Gasteiger partial charge in [0, 0.05) is 0 Å².